The summed E-state index contributed by atoms with van der Waals surface area (Å²) in [5.41, 5.74) is 0. The number of nitrogens with zero attached hydrogens (tertiary/aromatic N) is 2. The average Bonchev–Trinajstić information content (AvgIpc) is 2.76. The second kappa shape index (κ2) is 6.71. The number of halogens is 1. The smallest absolute Gasteiger partial charge is 0.251 e. The van der Waals surface area contributed by atoms with Gasteiger partial charge in [-0.2, -0.15) is 0 Å². The Hall–Kier alpha value is -0.130. The quantitative estimate of drug-likeness (QED) is 0.732. The molecule has 2 heterocycles. The Bertz CT molecular complexity index is 257. The fraction of sp³-hybridized carbons (Fsp3) is 0.917. The number of rotatable bonds is 3. The molecule has 0 bridgehead atoms. The minimum Gasteiger partial charge on any atom is -0.368 e. The lowest BCUT2D eigenvalue weighted by Crippen LogP contribution is -2.41. The first kappa shape index (κ1) is 13.3. The highest BCUT2D eigenvalue weighted by molar-refractivity contribution is 9.09. The Kier molecular flexibility index (Phi) is 5.25. The molecule has 4 nitrogen and oxygen atoms in total. The molecule has 0 radical (unpaired) electrons. The summed E-state index contributed by atoms with van der Waals surface area (Å²) in [6, 6.07) is 0. The molecule has 98 valence electrons. The van der Waals surface area contributed by atoms with Gasteiger partial charge in [0.15, 0.2) is 0 Å². The number of hydrogen-bond acceptors (Lipinski definition) is 3. The fourth-order valence-electron chi connectivity index (χ4n) is 2.51. The van der Waals surface area contributed by atoms with Gasteiger partial charge in [-0.25, -0.2) is 0 Å². The van der Waals surface area contributed by atoms with Gasteiger partial charge in [0.2, 0.25) is 0 Å². The van der Waals surface area contributed by atoms with Gasteiger partial charge in [0.05, 0.1) is 0 Å². The van der Waals surface area contributed by atoms with Crippen LogP contribution in [0.2, 0.25) is 0 Å². The van der Waals surface area contributed by atoms with Crippen molar-refractivity contribution in [2.45, 2.75) is 25.4 Å². The summed E-state index contributed by atoms with van der Waals surface area (Å²) >= 11 is 3.47. The number of carbonyl (C=O) groups excluding carboxylic acids is 1. The minimum atomic E-state index is -0.155. The van der Waals surface area contributed by atoms with Crippen molar-refractivity contribution in [3.63, 3.8) is 0 Å². The topological polar surface area (TPSA) is 32.8 Å². The summed E-state index contributed by atoms with van der Waals surface area (Å²) in [6.45, 7) is 5.65. The van der Waals surface area contributed by atoms with Crippen molar-refractivity contribution in [2.24, 2.45) is 0 Å². The molecule has 2 aliphatic rings. The Morgan fingerprint density at radius 2 is 2.12 bits per heavy atom. The van der Waals surface area contributed by atoms with Crippen molar-refractivity contribution < 1.29 is 9.53 Å². The monoisotopic (exact) mass is 304 g/mol. The zero-order chi connectivity index (χ0) is 12.1. The highest BCUT2D eigenvalue weighted by Crippen LogP contribution is 2.16. The molecule has 1 unspecified atom stereocenters. The van der Waals surface area contributed by atoms with E-state index in [4.69, 9.17) is 4.74 Å². The summed E-state index contributed by atoms with van der Waals surface area (Å²) < 4.78 is 5.47. The molecule has 1 atom stereocenters. The van der Waals surface area contributed by atoms with Crippen molar-refractivity contribution in [1.82, 2.24) is 9.80 Å². The molecular weight excluding hydrogens is 284 g/mol. The van der Waals surface area contributed by atoms with E-state index in [-0.39, 0.29) is 12.0 Å². The van der Waals surface area contributed by atoms with Crippen molar-refractivity contribution in [3.05, 3.63) is 0 Å². The third-order valence-corrected chi connectivity index (χ3v) is 3.86. The molecule has 0 saturated carbocycles. The number of amides is 1. The van der Waals surface area contributed by atoms with Crippen LogP contribution < -0.4 is 0 Å². The van der Waals surface area contributed by atoms with Crippen molar-refractivity contribution in [3.8, 4) is 0 Å². The summed E-state index contributed by atoms with van der Waals surface area (Å²) in [5.74, 6) is 0.211. The summed E-state index contributed by atoms with van der Waals surface area (Å²) in [4.78, 5) is 16.6. The molecule has 0 N–H and O–H groups in total. The third kappa shape index (κ3) is 3.66. The first-order valence-corrected chi connectivity index (χ1v) is 7.62. The van der Waals surface area contributed by atoms with Gasteiger partial charge in [0, 0.05) is 38.1 Å². The van der Waals surface area contributed by atoms with Crippen LogP contribution in [0.4, 0.5) is 0 Å². The number of carbonyl (C=O) groups is 1. The zero-order valence-electron chi connectivity index (χ0n) is 10.2. The third-order valence-electron chi connectivity index (χ3n) is 3.51. The highest BCUT2D eigenvalue weighted by atomic mass is 79.9. The van der Waals surface area contributed by atoms with E-state index >= 15 is 0 Å². The van der Waals surface area contributed by atoms with E-state index in [0.29, 0.717) is 0 Å². The number of alkyl halides is 1. The Labute approximate surface area is 111 Å². The van der Waals surface area contributed by atoms with Gasteiger partial charge in [-0.15, -0.1) is 0 Å². The Morgan fingerprint density at radius 3 is 2.82 bits per heavy atom. The van der Waals surface area contributed by atoms with Crippen molar-refractivity contribution in [2.75, 3.05) is 44.7 Å². The van der Waals surface area contributed by atoms with Gasteiger partial charge in [-0.1, -0.05) is 15.9 Å². The second-order valence-corrected chi connectivity index (χ2v) is 5.50. The van der Waals surface area contributed by atoms with E-state index in [1.165, 1.54) is 0 Å². The molecule has 5 heteroatoms. The maximum Gasteiger partial charge on any atom is 0.251 e. The first-order chi connectivity index (χ1) is 8.31. The SMILES string of the molecule is O=C(C1CCCO1)N1CCCN(CCBr)CC1. The standard InChI is InChI=1S/C12H21BrN2O2/c13-4-7-14-5-2-6-15(9-8-14)12(16)11-3-1-10-17-11/h11H,1-10H2. The predicted molar refractivity (Wildman–Crippen MR) is 70.4 cm³/mol. The van der Waals surface area contributed by atoms with Crippen LogP contribution >= 0.6 is 15.9 Å². The van der Waals surface area contributed by atoms with Crippen LogP contribution in [0.25, 0.3) is 0 Å². The molecule has 17 heavy (non-hydrogen) atoms. The van der Waals surface area contributed by atoms with Crippen LogP contribution in [0.1, 0.15) is 19.3 Å². The number of ether oxygens (including phenoxy) is 1. The maximum absolute atomic E-state index is 12.2. The van der Waals surface area contributed by atoms with E-state index in [0.717, 1.165) is 63.9 Å². The van der Waals surface area contributed by atoms with E-state index in [1.54, 1.807) is 0 Å². The molecule has 0 spiro atoms. The summed E-state index contributed by atoms with van der Waals surface area (Å²) in [7, 11) is 0. The van der Waals surface area contributed by atoms with Gasteiger partial charge in [-0.05, 0) is 25.8 Å². The largest absolute Gasteiger partial charge is 0.368 e. The Morgan fingerprint density at radius 1 is 1.24 bits per heavy atom. The van der Waals surface area contributed by atoms with Crippen LogP contribution in [0.5, 0.6) is 0 Å². The first-order valence-electron chi connectivity index (χ1n) is 6.50. The second-order valence-electron chi connectivity index (χ2n) is 4.71. The Balaban J connectivity index is 1.83. The zero-order valence-corrected chi connectivity index (χ0v) is 11.8. The van der Waals surface area contributed by atoms with Gasteiger partial charge in [-0.3, -0.25) is 4.79 Å². The van der Waals surface area contributed by atoms with Gasteiger partial charge in [0.1, 0.15) is 6.10 Å². The summed E-state index contributed by atoms with van der Waals surface area (Å²) in [6.07, 6.45) is 2.85. The molecular formula is C12H21BrN2O2. The normalized spacial score (nSPS) is 27.1. The molecule has 2 aliphatic heterocycles. The van der Waals surface area contributed by atoms with Gasteiger partial charge < -0.3 is 14.5 Å². The molecule has 0 aromatic rings. The van der Waals surface area contributed by atoms with Crippen LogP contribution in [0, 0.1) is 0 Å². The molecule has 2 saturated heterocycles. The van der Waals surface area contributed by atoms with Crippen LogP contribution in [-0.4, -0.2) is 66.5 Å². The molecule has 0 aromatic heterocycles. The van der Waals surface area contributed by atoms with Gasteiger partial charge >= 0.3 is 0 Å². The lowest BCUT2D eigenvalue weighted by Gasteiger charge is -2.24. The lowest BCUT2D eigenvalue weighted by molar-refractivity contribution is -0.140. The average molecular weight is 305 g/mol. The predicted octanol–water partition coefficient (Wildman–Crippen LogP) is 1.09. The van der Waals surface area contributed by atoms with Crippen LogP contribution in [0.15, 0.2) is 0 Å². The summed E-state index contributed by atoms with van der Waals surface area (Å²) in [5, 5.41) is 1.01. The van der Waals surface area contributed by atoms with Crippen LogP contribution in [-0.2, 0) is 9.53 Å². The van der Waals surface area contributed by atoms with E-state index in [1.807, 2.05) is 4.90 Å². The van der Waals surface area contributed by atoms with E-state index < -0.39 is 0 Å². The van der Waals surface area contributed by atoms with Gasteiger partial charge in [0.25, 0.3) is 5.91 Å². The van der Waals surface area contributed by atoms with E-state index in [2.05, 4.69) is 20.8 Å². The van der Waals surface area contributed by atoms with Crippen molar-refractivity contribution in [1.29, 1.82) is 0 Å². The fourth-order valence-corrected chi connectivity index (χ4v) is 3.01. The molecule has 2 fully saturated rings. The maximum atomic E-state index is 12.2. The molecule has 0 aliphatic carbocycles. The minimum absolute atomic E-state index is 0.155. The molecule has 0 aromatic carbocycles. The lowest BCUT2D eigenvalue weighted by atomic mass is 10.2. The molecule has 2 rings (SSSR count). The molecule has 1 amide bonds. The van der Waals surface area contributed by atoms with E-state index in [9.17, 15) is 4.79 Å². The van der Waals surface area contributed by atoms with Crippen LogP contribution in [0.3, 0.4) is 0 Å². The number of hydrogen-bond donors (Lipinski definition) is 0. The van der Waals surface area contributed by atoms with Crippen molar-refractivity contribution >= 4 is 21.8 Å². The highest BCUT2D eigenvalue weighted by Gasteiger charge is 2.29.